The van der Waals surface area contributed by atoms with E-state index in [2.05, 4.69) is 22.8 Å². The Balaban J connectivity index is 1.39. The van der Waals surface area contributed by atoms with Crippen LogP contribution in [-0.2, 0) is 22.7 Å². The van der Waals surface area contributed by atoms with Crippen LogP contribution in [0, 0.1) is 5.92 Å². The van der Waals surface area contributed by atoms with Crippen LogP contribution in [0.5, 0.6) is 0 Å². The highest BCUT2D eigenvalue weighted by molar-refractivity contribution is 5.78. The molecule has 1 aromatic carbocycles. The lowest BCUT2D eigenvalue weighted by molar-refractivity contribution is -0.128. The van der Waals surface area contributed by atoms with Gasteiger partial charge in [-0.3, -0.25) is 9.59 Å². The zero-order valence-corrected chi connectivity index (χ0v) is 14.2. The van der Waals surface area contributed by atoms with Crippen LogP contribution in [0.15, 0.2) is 24.3 Å². The molecule has 24 heavy (non-hydrogen) atoms. The highest BCUT2D eigenvalue weighted by Gasteiger charge is 2.19. The van der Waals surface area contributed by atoms with Gasteiger partial charge in [0.2, 0.25) is 11.8 Å². The number of nitrogens with one attached hydrogen (secondary N) is 2. The number of carbonyl (C=O) groups is 2. The van der Waals surface area contributed by atoms with Crippen LogP contribution in [0.25, 0.3) is 0 Å². The van der Waals surface area contributed by atoms with Crippen LogP contribution in [0.1, 0.15) is 43.2 Å². The molecule has 2 N–H and O–H groups in total. The number of carbonyl (C=O) groups excluding carboxylic acids is 2. The Labute approximate surface area is 143 Å². The van der Waals surface area contributed by atoms with Crippen LogP contribution in [0.4, 0.5) is 0 Å². The van der Waals surface area contributed by atoms with Crippen molar-refractivity contribution in [3.8, 4) is 0 Å². The monoisotopic (exact) mass is 329 g/mol. The second kappa shape index (κ2) is 8.29. The molecule has 0 aliphatic carbocycles. The summed E-state index contributed by atoms with van der Waals surface area (Å²) in [5.74, 6) is 1.04. The quantitative estimate of drug-likeness (QED) is 0.802. The number of hydrogen-bond donors (Lipinski definition) is 2. The second-order valence-corrected chi connectivity index (χ2v) is 6.91. The number of amides is 2. The molecule has 1 unspecified atom stereocenters. The molecule has 3 rings (SSSR count). The zero-order valence-electron chi connectivity index (χ0n) is 14.2. The molecule has 2 aliphatic heterocycles. The molecule has 0 spiro atoms. The van der Waals surface area contributed by atoms with Crippen molar-refractivity contribution in [2.24, 2.45) is 5.92 Å². The summed E-state index contributed by atoms with van der Waals surface area (Å²) < 4.78 is 0. The van der Waals surface area contributed by atoms with E-state index in [4.69, 9.17) is 0 Å². The van der Waals surface area contributed by atoms with Gasteiger partial charge < -0.3 is 15.5 Å². The summed E-state index contributed by atoms with van der Waals surface area (Å²) >= 11 is 0. The summed E-state index contributed by atoms with van der Waals surface area (Å²) in [5.41, 5.74) is 2.25. The van der Waals surface area contributed by atoms with E-state index in [9.17, 15) is 9.59 Å². The van der Waals surface area contributed by atoms with E-state index in [0.29, 0.717) is 31.8 Å². The molecule has 2 heterocycles. The number of nitrogens with zero attached hydrogens (tertiary/aromatic N) is 1. The van der Waals surface area contributed by atoms with Crippen LogP contribution >= 0.6 is 0 Å². The third-order valence-corrected chi connectivity index (χ3v) is 5.00. The molecule has 1 atom stereocenters. The summed E-state index contributed by atoms with van der Waals surface area (Å²) in [6.07, 6.45) is 4.43. The van der Waals surface area contributed by atoms with Gasteiger partial charge in [0.05, 0.1) is 0 Å². The van der Waals surface area contributed by atoms with Gasteiger partial charge in [-0.05, 0) is 49.4 Å². The summed E-state index contributed by atoms with van der Waals surface area (Å²) in [6.45, 7) is 4.27. The summed E-state index contributed by atoms with van der Waals surface area (Å²) in [5, 5.41) is 6.33. The normalized spacial score (nSPS) is 20.6. The van der Waals surface area contributed by atoms with E-state index in [-0.39, 0.29) is 11.8 Å². The maximum Gasteiger partial charge on any atom is 0.222 e. The fraction of sp³-hybridized carbons (Fsp3) is 0.579. The first kappa shape index (κ1) is 17.0. The van der Waals surface area contributed by atoms with Gasteiger partial charge >= 0.3 is 0 Å². The molecule has 5 nitrogen and oxygen atoms in total. The van der Waals surface area contributed by atoms with Crippen molar-refractivity contribution in [3.05, 3.63) is 35.4 Å². The topological polar surface area (TPSA) is 61.4 Å². The molecule has 0 radical (unpaired) electrons. The summed E-state index contributed by atoms with van der Waals surface area (Å²) in [6, 6.07) is 8.18. The number of hydrogen-bond acceptors (Lipinski definition) is 3. The summed E-state index contributed by atoms with van der Waals surface area (Å²) in [4.78, 5) is 25.5. The molecule has 2 saturated heterocycles. The van der Waals surface area contributed by atoms with Crippen LogP contribution in [-0.4, -0.2) is 36.3 Å². The Morgan fingerprint density at radius 2 is 2.04 bits per heavy atom. The van der Waals surface area contributed by atoms with Gasteiger partial charge in [0.25, 0.3) is 0 Å². The molecule has 0 aromatic heterocycles. The van der Waals surface area contributed by atoms with Gasteiger partial charge in [0, 0.05) is 32.5 Å². The minimum Gasteiger partial charge on any atom is -0.352 e. The molecule has 2 amide bonds. The lowest BCUT2D eigenvalue weighted by atomic mass is 10.0. The van der Waals surface area contributed by atoms with Crippen molar-refractivity contribution in [1.29, 1.82) is 0 Å². The Bertz CT molecular complexity index is 564. The third-order valence-electron chi connectivity index (χ3n) is 5.00. The largest absolute Gasteiger partial charge is 0.352 e. The molecule has 2 fully saturated rings. The predicted molar refractivity (Wildman–Crippen MR) is 93.2 cm³/mol. The Morgan fingerprint density at radius 3 is 2.71 bits per heavy atom. The lowest BCUT2D eigenvalue weighted by Gasteiger charge is -2.15. The molecule has 0 saturated carbocycles. The highest BCUT2D eigenvalue weighted by Crippen LogP contribution is 2.15. The first-order valence-corrected chi connectivity index (χ1v) is 9.04. The average Bonchev–Trinajstić information content (AvgIpc) is 3.25. The van der Waals surface area contributed by atoms with E-state index < -0.39 is 0 Å². The third kappa shape index (κ3) is 4.81. The van der Waals surface area contributed by atoms with E-state index in [1.165, 1.54) is 6.42 Å². The highest BCUT2D eigenvalue weighted by atomic mass is 16.2. The number of likely N-dealkylation sites (tertiary alicyclic amines) is 1. The fourth-order valence-electron chi connectivity index (χ4n) is 3.44. The summed E-state index contributed by atoms with van der Waals surface area (Å²) in [7, 11) is 0. The van der Waals surface area contributed by atoms with Crippen molar-refractivity contribution in [2.75, 3.05) is 19.6 Å². The Hall–Kier alpha value is -1.88. The minimum absolute atomic E-state index is 0.133. The lowest BCUT2D eigenvalue weighted by Crippen LogP contribution is -2.24. The maximum absolute atomic E-state index is 11.9. The predicted octanol–water partition coefficient (Wildman–Crippen LogP) is 1.81. The van der Waals surface area contributed by atoms with Crippen LogP contribution < -0.4 is 10.6 Å². The molecular weight excluding hydrogens is 302 g/mol. The molecule has 2 aliphatic rings. The van der Waals surface area contributed by atoms with Crippen molar-refractivity contribution in [3.63, 3.8) is 0 Å². The van der Waals surface area contributed by atoms with Crippen LogP contribution in [0.3, 0.4) is 0 Å². The molecule has 130 valence electrons. The van der Waals surface area contributed by atoms with E-state index in [0.717, 1.165) is 43.6 Å². The fourth-order valence-corrected chi connectivity index (χ4v) is 3.44. The zero-order chi connectivity index (χ0) is 16.8. The van der Waals surface area contributed by atoms with Crippen molar-refractivity contribution in [1.82, 2.24) is 15.5 Å². The average molecular weight is 329 g/mol. The van der Waals surface area contributed by atoms with Gasteiger partial charge in [-0.2, -0.15) is 0 Å². The first-order chi connectivity index (χ1) is 11.7. The SMILES string of the molecule is O=C(CCC1CCNC1)NCc1ccc(CN2CCCC2=O)cc1. The van der Waals surface area contributed by atoms with Gasteiger partial charge in [-0.1, -0.05) is 24.3 Å². The number of benzene rings is 1. The van der Waals surface area contributed by atoms with Crippen LogP contribution in [0.2, 0.25) is 0 Å². The first-order valence-electron chi connectivity index (χ1n) is 9.04. The van der Waals surface area contributed by atoms with E-state index >= 15 is 0 Å². The van der Waals surface area contributed by atoms with E-state index in [1.54, 1.807) is 0 Å². The van der Waals surface area contributed by atoms with Crippen molar-refractivity contribution >= 4 is 11.8 Å². The van der Waals surface area contributed by atoms with E-state index in [1.807, 2.05) is 17.0 Å². The second-order valence-electron chi connectivity index (χ2n) is 6.91. The molecule has 0 bridgehead atoms. The Morgan fingerprint density at radius 1 is 1.25 bits per heavy atom. The Kier molecular flexibility index (Phi) is 5.86. The van der Waals surface area contributed by atoms with Gasteiger partial charge in [-0.25, -0.2) is 0 Å². The standard InChI is InChI=1S/C19H27N3O2/c23-18(8-7-16-9-10-20-12-16)21-13-15-3-5-17(6-4-15)14-22-11-1-2-19(22)24/h3-6,16,20H,1-2,7-14H2,(H,21,23). The maximum atomic E-state index is 11.9. The molecular formula is C19H27N3O2. The molecule has 1 aromatic rings. The van der Waals surface area contributed by atoms with Crippen molar-refractivity contribution < 1.29 is 9.59 Å². The van der Waals surface area contributed by atoms with Gasteiger partial charge in [0.1, 0.15) is 0 Å². The number of rotatable bonds is 7. The molecule has 5 heteroatoms. The minimum atomic E-state index is 0.133. The smallest absolute Gasteiger partial charge is 0.222 e. The van der Waals surface area contributed by atoms with Gasteiger partial charge in [-0.15, -0.1) is 0 Å². The van der Waals surface area contributed by atoms with Crippen molar-refractivity contribution in [2.45, 2.75) is 45.2 Å². The van der Waals surface area contributed by atoms with Gasteiger partial charge in [0.15, 0.2) is 0 Å².